The van der Waals surface area contributed by atoms with Gasteiger partial charge in [0, 0.05) is 11.8 Å². The Morgan fingerprint density at radius 3 is 1.88 bits per heavy atom. The van der Waals surface area contributed by atoms with E-state index in [1.807, 2.05) is 6.92 Å². The Kier molecular flexibility index (Phi) is 21.2. The van der Waals surface area contributed by atoms with Crippen molar-refractivity contribution >= 4 is 58.5 Å². The first-order chi connectivity index (χ1) is 13.8. The summed E-state index contributed by atoms with van der Waals surface area (Å²) in [5.41, 5.74) is 0.453. The van der Waals surface area contributed by atoms with Crippen LogP contribution in [0.15, 0.2) is 0 Å². The minimum Gasteiger partial charge on any atom is -0.870 e. The van der Waals surface area contributed by atoms with E-state index in [0.29, 0.717) is 11.9 Å². The van der Waals surface area contributed by atoms with E-state index in [-0.39, 0.29) is 114 Å². The van der Waals surface area contributed by atoms with E-state index >= 15 is 0 Å². The summed E-state index contributed by atoms with van der Waals surface area (Å²) < 4.78 is 92.1. The van der Waals surface area contributed by atoms with Crippen molar-refractivity contribution in [1.29, 1.82) is 0 Å². The van der Waals surface area contributed by atoms with Gasteiger partial charge in [-0.3, -0.25) is 13.1 Å². The Bertz CT molecular complexity index is 793. The molecule has 2 fully saturated rings. The summed E-state index contributed by atoms with van der Waals surface area (Å²) in [5, 5.41) is 11.4. The Morgan fingerprint density at radius 1 is 0.882 bits per heavy atom. The van der Waals surface area contributed by atoms with Crippen LogP contribution >= 0.6 is 0 Å². The fourth-order valence-corrected chi connectivity index (χ4v) is 4.87. The van der Waals surface area contributed by atoms with E-state index < -0.39 is 70.1 Å². The van der Waals surface area contributed by atoms with Crippen molar-refractivity contribution in [3.05, 3.63) is 5.21 Å². The molecule has 3 N–H and O–H groups in total. The molecule has 9 atom stereocenters. The van der Waals surface area contributed by atoms with Gasteiger partial charge in [-0.2, -0.15) is 0 Å². The SMILES string of the molecule is CCC1OC(COS(=O)(=O)[O-])C(OC2OC([NH2+][O-])C(C)C(OS(=O)(=O)[O-])C2C)C1C.[Ca+2].[Na+].[Na+].[OH-]. The molecule has 14 nitrogen and oxygen atoms in total. The van der Waals surface area contributed by atoms with Crippen LogP contribution in [0.4, 0.5) is 0 Å². The second kappa shape index (κ2) is 17.4. The van der Waals surface area contributed by atoms with Crippen molar-refractivity contribution in [2.24, 2.45) is 17.8 Å². The predicted molar refractivity (Wildman–Crippen MR) is 103 cm³/mol. The zero-order valence-electron chi connectivity index (χ0n) is 20.1. The van der Waals surface area contributed by atoms with E-state index in [1.165, 1.54) is 13.8 Å². The van der Waals surface area contributed by atoms with Gasteiger partial charge < -0.3 is 34.7 Å². The number of hydrogen-bond donors (Lipinski definition) is 1. The summed E-state index contributed by atoms with van der Waals surface area (Å²) in [6.45, 7) is 6.09. The first-order valence-electron chi connectivity index (χ1n) is 9.43. The summed E-state index contributed by atoms with van der Waals surface area (Å²) in [6.07, 6.45) is -4.94. The molecule has 0 aliphatic carbocycles. The van der Waals surface area contributed by atoms with Crippen molar-refractivity contribution in [1.82, 2.24) is 0 Å². The van der Waals surface area contributed by atoms with Crippen molar-refractivity contribution in [2.45, 2.75) is 71.0 Å². The summed E-state index contributed by atoms with van der Waals surface area (Å²) in [4.78, 5) is 0. The quantitative estimate of drug-likeness (QED) is 0.116. The van der Waals surface area contributed by atoms with Crippen LogP contribution in [0.3, 0.4) is 0 Å². The number of quaternary nitrogens is 1. The standard InChI is InChI=1S/C15H29NO12S2.Ca.2Na.H2O/c1-5-10-7(2)13(11(25-10)6-24-29(18,19)20)26-15-9(4)12(28-30(21,22)23)8(3)14(16-17)27-15;;;;/h7-15H,5-6,16H2,1-4H3,(H,18,19,20)(H,21,22,23);;;;1H2/q;+2;2*+1;/p-3. The zero-order valence-corrected chi connectivity index (χ0v) is 27.9. The molecule has 2 aliphatic heterocycles. The molecule has 0 aromatic rings. The maximum atomic E-state index is 11.4. The third-order valence-corrected chi connectivity index (χ3v) is 6.41. The van der Waals surface area contributed by atoms with Gasteiger partial charge in [-0.1, -0.05) is 27.7 Å². The number of hydroxylamine groups is 1. The van der Waals surface area contributed by atoms with Crippen LogP contribution in [0.2, 0.25) is 0 Å². The van der Waals surface area contributed by atoms with Crippen LogP contribution in [-0.2, 0) is 43.4 Å². The molecule has 19 heteroatoms. The molecule has 0 saturated carbocycles. The van der Waals surface area contributed by atoms with Crippen molar-refractivity contribution in [3.8, 4) is 0 Å². The third-order valence-electron chi connectivity index (χ3n) is 5.53. The first kappa shape index (κ1) is 41.2. The van der Waals surface area contributed by atoms with Crippen LogP contribution < -0.4 is 64.6 Å². The number of rotatable bonds is 9. The van der Waals surface area contributed by atoms with Gasteiger partial charge in [-0.05, 0) is 6.42 Å². The van der Waals surface area contributed by atoms with Crippen LogP contribution in [0.25, 0.3) is 0 Å². The average molecular weight is 581 g/mol. The fraction of sp³-hybridized carbons (Fsp3) is 1.00. The molecule has 0 aromatic heterocycles. The molecule has 0 radical (unpaired) electrons. The fourth-order valence-electron chi connectivity index (χ4n) is 3.94. The molecule has 34 heavy (non-hydrogen) atoms. The van der Waals surface area contributed by atoms with E-state index in [1.54, 1.807) is 6.92 Å². The minimum atomic E-state index is -5.05. The van der Waals surface area contributed by atoms with Crippen LogP contribution in [0.1, 0.15) is 34.1 Å². The second-order valence-corrected chi connectivity index (χ2v) is 9.63. The molecular weight excluding hydrogens is 552 g/mol. The molecule has 0 bridgehead atoms. The molecule has 0 aromatic carbocycles. The third kappa shape index (κ3) is 11.9. The first-order valence-corrected chi connectivity index (χ1v) is 12.1. The minimum absolute atomic E-state index is 0. The van der Waals surface area contributed by atoms with Gasteiger partial charge in [0.2, 0.25) is 20.8 Å². The van der Waals surface area contributed by atoms with Crippen molar-refractivity contribution in [3.63, 3.8) is 0 Å². The maximum absolute atomic E-state index is 11.4. The van der Waals surface area contributed by atoms with Crippen molar-refractivity contribution in [2.75, 3.05) is 6.61 Å². The Morgan fingerprint density at radius 2 is 1.44 bits per heavy atom. The van der Waals surface area contributed by atoms with Gasteiger partial charge in [0.25, 0.3) is 0 Å². The van der Waals surface area contributed by atoms with E-state index in [0.717, 1.165) is 0 Å². The summed E-state index contributed by atoms with van der Waals surface area (Å²) in [6, 6.07) is 0. The molecule has 0 spiro atoms. The summed E-state index contributed by atoms with van der Waals surface area (Å²) in [7, 11) is -10.0. The molecule has 2 aliphatic rings. The molecule has 186 valence electrons. The molecular formula is C15H28CaNNa2O13S2+. The number of nitrogens with two attached hydrogens (primary N) is 1. The van der Waals surface area contributed by atoms with Gasteiger partial charge in [-0.15, -0.1) is 0 Å². The van der Waals surface area contributed by atoms with Gasteiger partial charge in [0.05, 0.1) is 30.8 Å². The van der Waals surface area contributed by atoms with Gasteiger partial charge in [-0.25, -0.2) is 16.8 Å². The number of ether oxygens (including phenoxy) is 3. The largest absolute Gasteiger partial charge is 2.00 e. The molecule has 0 amide bonds. The van der Waals surface area contributed by atoms with E-state index in [4.69, 9.17) is 14.2 Å². The van der Waals surface area contributed by atoms with Gasteiger partial charge in [0.15, 0.2) is 12.5 Å². The average Bonchev–Trinajstić information content (AvgIpc) is 2.93. The van der Waals surface area contributed by atoms with Crippen LogP contribution in [0, 0.1) is 23.0 Å². The topological polar surface area (TPSA) is 230 Å². The smallest absolute Gasteiger partial charge is 0.870 e. The predicted octanol–water partition coefficient (Wildman–Crippen LogP) is -8.03. The van der Waals surface area contributed by atoms with E-state index in [9.17, 15) is 31.1 Å². The molecule has 9 unspecified atom stereocenters. The normalized spacial score (nSPS) is 35.8. The maximum Gasteiger partial charge on any atom is 2.00 e. The molecule has 2 saturated heterocycles. The van der Waals surface area contributed by atoms with Crippen LogP contribution in [0.5, 0.6) is 0 Å². The number of hydrogen-bond acceptors (Lipinski definition) is 13. The summed E-state index contributed by atoms with van der Waals surface area (Å²) in [5.74, 6) is -1.80. The Labute approximate surface area is 274 Å². The van der Waals surface area contributed by atoms with Crippen LogP contribution in [-0.4, -0.2) is 113 Å². The monoisotopic (exact) mass is 580 g/mol. The van der Waals surface area contributed by atoms with E-state index in [2.05, 4.69) is 8.37 Å². The zero-order chi connectivity index (χ0) is 22.9. The molecule has 2 heterocycles. The second-order valence-electron chi connectivity index (χ2n) is 7.57. The summed E-state index contributed by atoms with van der Waals surface area (Å²) >= 11 is 0. The van der Waals surface area contributed by atoms with Gasteiger partial charge in [0.1, 0.15) is 6.10 Å². The van der Waals surface area contributed by atoms with Gasteiger partial charge >= 0.3 is 96.9 Å². The Hall–Kier alpha value is 2.76. The van der Waals surface area contributed by atoms with Crippen molar-refractivity contribution < 1.29 is 119 Å². The Balaban J connectivity index is -0.00000240. The molecule has 2 rings (SSSR count).